The van der Waals surface area contributed by atoms with Gasteiger partial charge in [0.05, 0.1) is 16.7 Å². The first-order chi connectivity index (χ1) is 9.51. The molecule has 102 valence electrons. The lowest BCUT2D eigenvalue weighted by molar-refractivity contribution is 0.473. The van der Waals surface area contributed by atoms with Crippen LogP contribution in [0.4, 0.5) is 0 Å². The second kappa shape index (κ2) is 5.98. The van der Waals surface area contributed by atoms with Gasteiger partial charge in [0.25, 0.3) is 0 Å². The second-order valence-corrected chi connectivity index (χ2v) is 5.46. The molecule has 0 aliphatic carbocycles. The highest BCUT2D eigenvalue weighted by Gasteiger charge is 2.11. The number of halogens is 1. The average molecular weight is 286 g/mol. The third kappa shape index (κ3) is 3.12. The molecule has 0 spiro atoms. The molecule has 0 N–H and O–H groups in total. The van der Waals surface area contributed by atoms with Crippen LogP contribution in [0.5, 0.6) is 11.5 Å². The molecule has 3 heteroatoms. The fourth-order valence-electron chi connectivity index (χ4n) is 1.98. The molecule has 2 aromatic rings. The van der Waals surface area contributed by atoms with E-state index in [4.69, 9.17) is 21.6 Å². The Bertz CT molecular complexity index is 671. The van der Waals surface area contributed by atoms with Gasteiger partial charge in [-0.1, -0.05) is 37.6 Å². The van der Waals surface area contributed by atoms with E-state index in [2.05, 4.69) is 32.0 Å². The standard InChI is InChI=1S/C17H16ClNO/c1-11(2)14-6-4-12(3)8-17(14)20-16-7-5-13(10-19)9-15(16)18/h4-9,11H,1-3H3. The van der Waals surface area contributed by atoms with Gasteiger partial charge in [-0.3, -0.25) is 0 Å². The summed E-state index contributed by atoms with van der Waals surface area (Å²) in [7, 11) is 0. The van der Waals surface area contributed by atoms with Crippen molar-refractivity contribution in [1.82, 2.24) is 0 Å². The van der Waals surface area contributed by atoms with Crippen molar-refractivity contribution >= 4 is 11.6 Å². The molecule has 2 aromatic carbocycles. The van der Waals surface area contributed by atoms with Gasteiger partial charge in [-0.25, -0.2) is 0 Å². The molecule has 0 saturated heterocycles. The zero-order valence-corrected chi connectivity index (χ0v) is 12.5. The summed E-state index contributed by atoms with van der Waals surface area (Å²) < 4.78 is 5.94. The Hall–Kier alpha value is -1.98. The summed E-state index contributed by atoms with van der Waals surface area (Å²) in [5, 5.41) is 9.29. The van der Waals surface area contributed by atoms with Crippen LogP contribution in [0.15, 0.2) is 36.4 Å². The fraction of sp³-hybridized carbons (Fsp3) is 0.235. The van der Waals surface area contributed by atoms with Crippen LogP contribution in [0.1, 0.15) is 36.5 Å². The number of nitriles is 1. The number of ether oxygens (including phenoxy) is 1. The Morgan fingerprint density at radius 3 is 2.45 bits per heavy atom. The zero-order chi connectivity index (χ0) is 14.7. The van der Waals surface area contributed by atoms with E-state index >= 15 is 0 Å². The van der Waals surface area contributed by atoms with E-state index in [-0.39, 0.29) is 0 Å². The Kier molecular flexibility index (Phi) is 4.32. The molecular weight excluding hydrogens is 270 g/mol. The highest BCUT2D eigenvalue weighted by atomic mass is 35.5. The molecule has 0 fully saturated rings. The maximum absolute atomic E-state index is 8.85. The first-order valence-corrected chi connectivity index (χ1v) is 6.87. The molecular formula is C17H16ClNO. The summed E-state index contributed by atoms with van der Waals surface area (Å²) in [5.74, 6) is 1.74. The summed E-state index contributed by atoms with van der Waals surface area (Å²) in [6.07, 6.45) is 0. The number of rotatable bonds is 3. The van der Waals surface area contributed by atoms with Crippen molar-refractivity contribution in [1.29, 1.82) is 5.26 Å². The number of hydrogen-bond acceptors (Lipinski definition) is 2. The highest BCUT2D eigenvalue weighted by Crippen LogP contribution is 2.35. The van der Waals surface area contributed by atoms with Crippen molar-refractivity contribution < 1.29 is 4.74 Å². The largest absolute Gasteiger partial charge is 0.455 e. The maximum atomic E-state index is 8.85. The Labute approximate surface area is 124 Å². The van der Waals surface area contributed by atoms with Gasteiger partial charge < -0.3 is 4.74 Å². The Balaban J connectivity index is 2.39. The Morgan fingerprint density at radius 2 is 1.85 bits per heavy atom. The molecule has 0 saturated carbocycles. The molecule has 0 aliphatic rings. The van der Waals surface area contributed by atoms with Gasteiger partial charge in [0.2, 0.25) is 0 Å². The van der Waals surface area contributed by atoms with E-state index in [9.17, 15) is 0 Å². The summed E-state index contributed by atoms with van der Waals surface area (Å²) in [4.78, 5) is 0. The lowest BCUT2D eigenvalue weighted by Gasteiger charge is -2.15. The van der Waals surface area contributed by atoms with E-state index in [1.54, 1.807) is 18.2 Å². The molecule has 20 heavy (non-hydrogen) atoms. The van der Waals surface area contributed by atoms with Gasteiger partial charge in [-0.05, 0) is 48.2 Å². The predicted molar refractivity (Wildman–Crippen MR) is 81.5 cm³/mol. The van der Waals surface area contributed by atoms with E-state index in [0.29, 0.717) is 22.3 Å². The van der Waals surface area contributed by atoms with Crippen molar-refractivity contribution in [3.05, 3.63) is 58.1 Å². The summed E-state index contributed by atoms with van der Waals surface area (Å²) in [6.45, 7) is 6.27. The van der Waals surface area contributed by atoms with Gasteiger partial charge in [-0.2, -0.15) is 5.26 Å². The second-order valence-electron chi connectivity index (χ2n) is 5.06. The number of nitrogens with zero attached hydrogens (tertiary/aromatic N) is 1. The predicted octanol–water partition coefficient (Wildman–Crippen LogP) is 5.44. The third-order valence-electron chi connectivity index (χ3n) is 3.07. The lowest BCUT2D eigenvalue weighted by Crippen LogP contribution is -1.95. The maximum Gasteiger partial charge on any atom is 0.146 e. The molecule has 0 heterocycles. The van der Waals surface area contributed by atoms with Crippen molar-refractivity contribution in [2.75, 3.05) is 0 Å². The van der Waals surface area contributed by atoms with Gasteiger partial charge in [0.1, 0.15) is 11.5 Å². The van der Waals surface area contributed by atoms with Crippen molar-refractivity contribution in [3.8, 4) is 17.6 Å². The van der Waals surface area contributed by atoms with Crippen LogP contribution in [0.2, 0.25) is 5.02 Å². The first kappa shape index (κ1) is 14.4. The topological polar surface area (TPSA) is 33.0 Å². The van der Waals surface area contributed by atoms with Crippen LogP contribution in [0, 0.1) is 18.3 Å². The van der Waals surface area contributed by atoms with Crippen LogP contribution in [0.25, 0.3) is 0 Å². The van der Waals surface area contributed by atoms with Crippen LogP contribution >= 0.6 is 11.6 Å². The number of aryl methyl sites for hydroxylation is 1. The lowest BCUT2D eigenvalue weighted by atomic mass is 10.0. The summed E-state index contributed by atoms with van der Waals surface area (Å²) in [5.41, 5.74) is 2.79. The highest BCUT2D eigenvalue weighted by molar-refractivity contribution is 6.32. The van der Waals surface area contributed by atoms with Crippen LogP contribution < -0.4 is 4.74 Å². The molecule has 2 nitrogen and oxygen atoms in total. The molecule has 2 rings (SSSR count). The van der Waals surface area contributed by atoms with Crippen molar-refractivity contribution in [3.63, 3.8) is 0 Å². The Morgan fingerprint density at radius 1 is 1.10 bits per heavy atom. The van der Waals surface area contributed by atoms with Gasteiger partial charge in [0.15, 0.2) is 0 Å². The van der Waals surface area contributed by atoms with E-state index in [1.165, 1.54) is 0 Å². The molecule has 0 aromatic heterocycles. The normalized spacial score (nSPS) is 10.4. The molecule has 0 amide bonds. The zero-order valence-electron chi connectivity index (χ0n) is 11.8. The first-order valence-electron chi connectivity index (χ1n) is 6.49. The van der Waals surface area contributed by atoms with Gasteiger partial charge in [-0.15, -0.1) is 0 Å². The van der Waals surface area contributed by atoms with E-state index < -0.39 is 0 Å². The quantitative estimate of drug-likeness (QED) is 0.752. The van der Waals surface area contributed by atoms with Crippen molar-refractivity contribution in [2.45, 2.75) is 26.7 Å². The SMILES string of the molecule is Cc1ccc(C(C)C)c(Oc2ccc(C#N)cc2Cl)c1. The summed E-state index contributed by atoms with van der Waals surface area (Å²) in [6, 6.07) is 13.3. The fourth-order valence-corrected chi connectivity index (χ4v) is 2.20. The molecule has 0 unspecified atom stereocenters. The summed E-state index contributed by atoms with van der Waals surface area (Å²) >= 11 is 6.15. The monoisotopic (exact) mass is 285 g/mol. The van der Waals surface area contributed by atoms with E-state index in [1.807, 2.05) is 13.0 Å². The third-order valence-corrected chi connectivity index (χ3v) is 3.37. The minimum atomic E-state index is 0.364. The molecule has 0 aliphatic heterocycles. The minimum Gasteiger partial charge on any atom is -0.455 e. The molecule has 0 radical (unpaired) electrons. The smallest absolute Gasteiger partial charge is 0.146 e. The minimum absolute atomic E-state index is 0.364. The van der Waals surface area contributed by atoms with Crippen LogP contribution in [-0.2, 0) is 0 Å². The van der Waals surface area contributed by atoms with E-state index in [0.717, 1.165) is 16.9 Å². The average Bonchev–Trinajstić information content (AvgIpc) is 2.40. The molecule has 0 atom stereocenters. The van der Waals surface area contributed by atoms with Gasteiger partial charge >= 0.3 is 0 Å². The molecule has 0 bridgehead atoms. The van der Waals surface area contributed by atoms with Gasteiger partial charge in [0, 0.05) is 0 Å². The van der Waals surface area contributed by atoms with Crippen LogP contribution in [0.3, 0.4) is 0 Å². The number of benzene rings is 2. The van der Waals surface area contributed by atoms with Crippen LogP contribution in [-0.4, -0.2) is 0 Å². The number of hydrogen-bond donors (Lipinski definition) is 0. The van der Waals surface area contributed by atoms with Crippen molar-refractivity contribution in [2.24, 2.45) is 0 Å².